The molecule has 0 saturated heterocycles. The van der Waals surface area contributed by atoms with Gasteiger partial charge in [0, 0.05) is 0 Å². The smallest absolute Gasteiger partial charge is 0.0941 e. The monoisotopic (exact) mass is 135 g/mol. The number of hydrogen-bond acceptors (Lipinski definition) is 4. The number of aliphatic hydroxyl groups is 1. The summed E-state index contributed by atoms with van der Waals surface area (Å²) in [5, 5.41) is 8.23. The molecule has 0 aromatic carbocycles. The Morgan fingerprint density at radius 2 is 1.78 bits per heavy atom. The van der Waals surface area contributed by atoms with E-state index in [1.54, 1.807) is 0 Å². The van der Waals surface area contributed by atoms with Gasteiger partial charge in [-0.15, -0.1) is 0 Å². The molecule has 3 N–H and O–H groups in total. The maximum absolute atomic E-state index is 8.23. The van der Waals surface area contributed by atoms with Crippen LogP contribution in [0.15, 0.2) is 0 Å². The molecular formula is C5H13NO3. The first-order valence-electron chi connectivity index (χ1n) is 2.88. The molecule has 4 nitrogen and oxygen atoms in total. The Balaban J connectivity index is 2.60. The number of nitrogens with two attached hydrogens (primary N) is 1. The SMILES string of the molecule is NCOCCOCCO. The predicted octanol–water partition coefficient (Wildman–Crippen LogP) is -1.07. The lowest BCUT2D eigenvalue weighted by molar-refractivity contribution is 0.0350. The molecule has 0 radical (unpaired) electrons. The van der Waals surface area contributed by atoms with Crippen molar-refractivity contribution in [2.45, 2.75) is 0 Å². The molecule has 0 aliphatic rings. The lowest BCUT2D eigenvalue weighted by Crippen LogP contribution is -2.11. The molecule has 0 aliphatic carbocycles. The minimum atomic E-state index is 0.0582. The van der Waals surface area contributed by atoms with Gasteiger partial charge in [0.2, 0.25) is 0 Å². The van der Waals surface area contributed by atoms with Gasteiger partial charge in [0.25, 0.3) is 0 Å². The van der Waals surface area contributed by atoms with Gasteiger partial charge in [0.05, 0.1) is 33.2 Å². The molecule has 0 bridgehead atoms. The molecule has 0 heterocycles. The summed E-state index contributed by atoms with van der Waals surface area (Å²) >= 11 is 0. The van der Waals surface area contributed by atoms with Gasteiger partial charge in [-0.25, -0.2) is 0 Å². The number of hydrogen-bond donors (Lipinski definition) is 2. The van der Waals surface area contributed by atoms with E-state index >= 15 is 0 Å². The largest absolute Gasteiger partial charge is 0.394 e. The van der Waals surface area contributed by atoms with Crippen molar-refractivity contribution in [1.82, 2.24) is 0 Å². The summed E-state index contributed by atoms with van der Waals surface area (Å²) in [6, 6.07) is 0. The van der Waals surface area contributed by atoms with Crippen LogP contribution < -0.4 is 5.73 Å². The van der Waals surface area contributed by atoms with Crippen LogP contribution in [0.5, 0.6) is 0 Å². The van der Waals surface area contributed by atoms with Crippen LogP contribution in [-0.2, 0) is 9.47 Å². The van der Waals surface area contributed by atoms with Crippen LogP contribution in [0.3, 0.4) is 0 Å². The van der Waals surface area contributed by atoms with Crippen molar-refractivity contribution < 1.29 is 14.6 Å². The molecule has 0 aliphatic heterocycles. The summed E-state index contributed by atoms with van der Waals surface area (Å²) in [5.74, 6) is 0. The average Bonchev–Trinajstić information content (AvgIpc) is 1.89. The second-order valence-corrected chi connectivity index (χ2v) is 1.41. The molecule has 4 heteroatoms. The zero-order valence-electron chi connectivity index (χ0n) is 5.38. The third kappa shape index (κ3) is 7.84. The topological polar surface area (TPSA) is 64.7 Å². The molecule has 0 atom stereocenters. The highest BCUT2D eigenvalue weighted by atomic mass is 16.5. The molecule has 0 aromatic rings. The Hall–Kier alpha value is -0.160. The third-order valence-electron chi connectivity index (χ3n) is 0.725. The van der Waals surface area contributed by atoms with Crippen molar-refractivity contribution in [1.29, 1.82) is 0 Å². The van der Waals surface area contributed by atoms with Gasteiger partial charge in [-0.1, -0.05) is 0 Å². The fraction of sp³-hybridized carbons (Fsp3) is 1.00. The first-order chi connectivity index (χ1) is 4.41. The van der Waals surface area contributed by atoms with E-state index in [9.17, 15) is 0 Å². The predicted molar refractivity (Wildman–Crippen MR) is 32.9 cm³/mol. The van der Waals surface area contributed by atoms with Gasteiger partial charge in [-0.05, 0) is 0 Å². The molecular weight excluding hydrogens is 122 g/mol. The van der Waals surface area contributed by atoms with Crippen molar-refractivity contribution >= 4 is 0 Å². The van der Waals surface area contributed by atoms with Gasteiger partial charge < -0.3 is 20.3 Å². The van der Waals surface area contributed by atoms with Crippen molar-refractivity contribution in [2.24, 2.45) is 5.73 Å². The highest BCUT2D eigenvalue weighted by Gasteiger charge is 1.84. The van der Waals surface area contributed by atoms with E-state index in [0.29, 0.717) is 19.8 Å². The zero-order valence-corrected chi connectivity index (χ0v) is 5.38. The third-order valence-corrected chi connectivity index (χ3v) is 0.725. The lowest BCUT2D eigenvalue weighted by Gasteiger charge is -2.00. The van der Waals surface area contributed by atoms with Crippen LogP contribution >= 0.6 is 0 Å². The molecule has 0 unspecified atom stereocenters. The standard InChI is InChI=1S/C5H13NO3/c6-5-9-4-3-8-2-1-7/h7H,1-6H2. The highest BCUT2D eigenvalue weighted by molar-refractivity contribution is 4.27. The van der Waals surface area contributed by atoms with Crippen molar-refractivity contribution in [3.63, 3.8) is 0 Å². The summed E-state index contributed by atoms with van der Waals surface area (Å²) in [6.07, 6.45) is 0. The van der Waals surface area contributed by atoms with Crippen LogP contribution in [0.4, 0.5) is 0 Å². The average molecular weight is 135 g/mol. The van der Waals surface area contributed by atoms with Crippen molar-refractivity contribution in [2.75, 3.05) is 33.2 Å². The molecule has 0 spiro atoms. The Bertz CT molecular complexity index is 45.5. The zero-order chi connectivity index (χ0) is 6.95. The summed E-state index contributed by atoms with van der Waals surface area (Å²) < 4.78 is 9.61. The van der Waals surface area contributed by atoms with Crippen LogP contribution in [0.2, 0.25) is 0 Å². The maximum Gasteiger partial charge on any atom is 0.0941 e. The first kappa shape index (κ1) is 8.84. The number of ether oxygens (including phenoxy) is 2. The van der Waals surface area contributed by atoms with Crippen molar-refractivity contribution in [3.8, 4) is 0 Å². The van der Waals surface area contributed by atoms with Crippen LogP contribution in [0, 0.1) is 0 Å². The molecule has 0 amide bonds. The Kier molecular flexibility index (Phi) is 7.70. The molecule has 0 fully saturated rings. The minimum absolute atomic E-state index is 0.0582. The quantitative estimate of drug-likeness (QED) is 0.359. The Morgan fingerprint density at radius 1 is 1.11 bits per heavy atom. The van der Waals surface area contributed by atoms with Gasteiger partial charge in [0.1, 0.15) is 0 Å². The van der Waals surface area contributed by atoms with E-state index in [2.05, 4.69) is 0 Å². The van der Waals surface area contributed by atoms with E-state index in [1.807, 2.05) is 0 Å². The number of aliphatic hydroxyl groups excluding tert-OH is 1. The molecule has 0 aromatic heterocycles. The van der Waals surface area contributed by atoms with Gasteiger partial charge in [-0.3, -0.25) is 0 Å². The van der Waals surface area contributed by atoms with Crippen LogP contribution in [-0.4, -0.2) is 38.3 Å². The van der Waals surface area contributed by atoms with Crippen molar-refractivity contribution in [3.05, 3.63) is 0 Å². The fourth-order valence-corrected chi connectivity index (χ4v) is 0.368. The Labute approximate surface area is 54.6 Å². The summed E-state index contributed by atoms with van der Waals surface area (Å²) in [5.41, 5.74) is 5.02. The molecule has 56 valence electrons. The van der Waals surface area contributed by atoms with E-state index in [-0.39, 0.29) is 13.3 Å². The van der Waals surface area contributed by atoms with E-state index in [1.165, 1.54) is 0 Å². The van der Waals surface area contributed by atoms with Gasteiger partial charge in [0.15, 0.2) is 0 Å². The highest BCUT2D eigenvalue weighted by Crippen LogP contribution is 1.74. The van der Waals surface area contributed by atoms with E-state index in [0.717, 1.165) is 0 Å². The Morgan fingerprint density at radius 3 is 2.33 bits per heavy atom. The normalized spacial score (nSPS) is 10.0. The molecule has 9 heavy (non-hydrogen) atoms. The van der Waals surface area contributed by atoms with E-state index < -0.39 is 0 Å². The van der Waals surface area contributed by atoms with Crippen LogP contribution in [0.25, 0.3) is 0 Å². The minimum Gasteiger partial charge on any atom is -0.394 e. The second kappa shape index (κ2) is 7.84. The molecule has 0 saturated carbocycles. The second-order valence-electron chi connectivity index (χ2n) is 1.41. The first-order valence-corrected chi connectivity index (χ1v) is 2.88. The van der Waals surface area contributed by atoms with Gasteiger partial charge in [-0.2, -0.15) is 0 Å². The summed E-state index contributed by atoms with van der Waals surface area (Å²) in [6.45, 7) is 1.65. The lowest BCUT2D eigenvalue weighted by atomic mass is 10.7. The van der Waals surface area contributed by atoms with Gasteiger partial charge >= 0.3 is 0 Å². The van der Waals surface area contributed by atoms with Crippen LogP contribution in [0.1, 0.15) is 0 Å². The molecule has 0 rings (SSSR count). The fourth-order valence-electron chi connectivity index (χ4n) is 0.368. The maximum atomic E-state index is 8.23. The number of rotatable bonds is 6. The summed E-state index contributed by atoms with van der Waals surface area (Å²) in [7, 11) is 0. The van der Waals surface area contributed by atoms with E-state index in [4.69, 9.17) is 20.3 Å². The summed E-state index contributed by atoms with van der Waals surface area (Å²) in [4.78, 5) is 0.